The van der Waals surface area contributed by atoms with Gasteiger partial charge in [0.2, 0.25) is 0 Å². The highest BCUT2D eigenvalue weighted by Crippen LogP contribution is 2.07. The van der Waals surface area contributed by atoms with Gasteiger partial charge in [-0.15, -0.1) is 0 Å². The van der Waals surface area contributed by atoms with Gasteiger partial charge in [0.1, 0.15) is 5.75 Å². The van der Waals surface area contributed by atoms with Crippen molar-refractivity contribution in [3.8, 4) is 5.75 Å². The van der Waals surface area contributed by atoms with E-state index >= 15 is 0 Å². The highest BCUT2D eigenvalue weighted by molar-refractivity contribution is 5.20. The molecule has 1 aromatic rings. The number of rotatable bonds is 5. The van der Waals surface area contributed by atoms with Crippen molar-refractivity contribution in [2.45, 2.75) is 19.3 Å². The molecule has 0 aromatic heterocycles. The second-order valence-corrected chi connectivity index (χ2v) is 4.22. The lowest BCUT2D eigenvalue weighted by atomic mass is 10.3. The van der Waals surface area contributed by atoms with Crippen molar-refractivity contribution in [1.82, 2.24) is 0 Å². The second kappa shape index (κ2) is 5.76. The van der Waals surface area contributed by atoms with Crippen LogP contribution in [0, 0.1) is 0 Å². The molecule has 1 fully saturated rings. The zero-order chi connectivity index (χ0) is 10.3. The molecule has 0 aliphatic carbocycles. The minimum absolute atomic E-state index is 0.855. The fraction of sp³-hybridized carbons (Fsp3) is 0.538. The first kappa shape index (κ1) is 10.5. The first-order valence-electron chi connectivity index (χ1n) is 5.96. The van der Waals surface area contributed by atoms with Gasteiger partial charge in [-0.1, -0.05) is 18.2 Å². The van der Waals surface area contributed by atoms with E-state index in [1.54, 1.807) is 4.90 Å². The lowest BCUT2D eigenvalue weighted by Crippen LogP contribution is -3.10. The molecule has 2 heteroatoms. The Morgan fingerprint density at radius 2 is 1.80 bits per heavy atom. The fourth-order valence-corrected chi connectivity index (χ4v) is 2.15. The number of quaternary nitrogens is 1. The van der Waals surface area contributed by atoms with Gasteiger partial charge in [-0.05, 0) is 12.1 Å². The van der Waals surface area contributed by atoms with E-state index in [4.69, 9.17) is 4.74 Å². The van der Waals surface area contributed by atoms with Crippen LogP contribution in [0.25, 0.3) is 0 Å². The Bertz CT molecular complexity index is 267. The second-order valence-electron chi connectivity index (χ2n) is 4.22. The Morgan fingerprint density at radius 1 is 1.07 bits per heavy atom. The summed E-state index contributed by atoms with van der Waals surface area (Å²) in [6.07, 6.45) is 3.99. The molecule has 1 saturated heterocycles. The lowest BCUT2D eigenvalue weighted by Gasteiger charge is -2.12. The van der Waals surface area contributed by atoms with Crippen LogP contribution < -0.4 is 9.64 Å². The van der Waals surface area contributed by atoms with Crippen LogP contribution in [0.5, 0.6) is 5.75 Å². The fourth-order valence-electron chi connectivity index (χ4n) is 2.15. The van der Waals surface area contributed by atoms with Crippen LogP contribution in [0.4, 0.5) is 0 Å². The monoisotopic (exact) mass is 206 g/mol. The third-order valence-corrected chi connectivity index (χ3v) is 3.00. The average molecular weight is 206 g/mol. The van der Waals surface area contributed by atoms with Crippen LogP contribution in [-0.2, 0) is 0 Å². The molecular weight excluding hydrogens is 186 g/mol. The van der Waals surface area contributed by atoms with Crippen LogP contribution in [0.3, 0.4) is 0 Å². The van der Waals surface area contributed by atoms with Gasteiger partial charge in [-0.2, -0.15) is 0 Å². The van der Waals surface area contributed by atoms with Crippen molar-refractivity contribution < 1.29 is 9.64 Å². The molecule has 82 valence electrons. The summed E-state index contributed by atoms with van der Waals surface area (Å²) in [7, 11) is 0. The van der Waals surface area contributed by atoms with Gasteiger partial charge >= 0.3 is 0 Å². The first-order valence-corrected chi connectivity index (χ1v) is 5.96. The third-order valence-electron chi connectivity index (χ3n) is 3.00. The molecule has 2 rings (SSSR count). The molecule has 0 atom stereocenters. The van der Waals surface area contributed by atoms with Crippen molar-refractivity contribution in [2.24, 2.45) is 0 Å². The molecule has 1 aromatic carbocycles. The summed E-state index contributed by atoms with van der Waals surface area (Å²) in [6, 6.07) is 10.1. The molecule has 2 nitrogen and oxygen atoms in total. The van der Waals surface area contributed by atoms with E-state index in [1.807, 2.05) is 30.3 Å². The van der Waals surface area contributed by atoms with Gasteiger partial charge < -0.3 is 9.64 Å². The summed E-state index contributed by atoms with van der Waals surface area (Å²) in [5.74, 6) is 0.994. The first-order chi connectivity index (χ1) is 7.45. The Morgan fingerprint density at radius 3 is 2.53 bits per heavy atom. The quantitative estimate of drug-likeness (QED) is 0.713. The number of hydrogen-bond donors (Lipinski definition) is 1. The van der Waals surface area contributed by atoms with E-state index < -0.39 is 0 Å². The van der Waals surface area contributed by atoms with Crippen LogP contribution in [0.15, 0.2) is 30.3 Å². The molecule has 1 aliphatic heterocycles. The maximum atomic E-state index is 5.65. The van der Waals surface area contributed by atoms with Gasteiger partial charge in [-0.3, -0.25) is 0 Å². The molecule has 0 unspecified atom stereocenters. The lowest BCUT2D eigenvalue weighted by molar-refractivity contribution is -0.887. The molecule has 1 heterocycles. The molecule has 0 radical (unpaired) electrons. The molecule has 1 N–H and O–H groups in total. The SMILES string of the molecule is c1ccc(OCCC[NH+]2CCCC2)cc1. The van der Waals surface area contributed by atoms with E-state index in [2.05, 4.69) is 0 Å². The van der Waals surface area contributed by atoms with Crippen LogP contribution in [-0.4, -0.2) is 26.2 Å². The normalized spacial score (nSPS) is 16.8. The summed E-state index contributed by atoms with van der Waals surface area (Å²) < 4.78 is 5.65. The Labute approximate surface area is 91.9 Å². The summed E-state index contributed by atoms with van der Waals surface area (Å²) in [6.45, 7) is 4.86. The standard InChI is InChI=1S/C13H19NO/c1-2-7-13(8-3-1)15-12-6-11-14-9-4-5-10-14/h1-3,7-8H,4-6,9-12H2/p+1. The van der Waals surface area contributed by atoms with Crippen LogP contribution in [0.2, 0.25) is 0 Å². The number of likely N-dealkylation sites (tertiary alicyclic amines) is 1. The minimum atomic E-state index is 0.855. The number of ether oxygens (including phenoxy) is 1. The number of benzene rings is 1. The van der Waals surface area contributed by atoms with Gasteiger partial charge in [0.25, 0.3) is 0 Å². The predicted molar refractivity (Wildman–Crippen MR) is 61.4 cm³/mol. The maximum absolute atomic E-state index is 5.65. The number of hydrogen-bond acceptors (Lipinski definition) is 1. The van der Waals surface area contributed by atoms with Crippen molar-refractivity contribution in [2.75, 3.05) is 26.2 Å². The predicted octanol–water partition coefficient (Wildman–Crippen LogP) is 1.13. The van der Waals surface area contributed by atoms with E-state index in [0.29, 0.717) is 0 Å². The zero-order valence-electron chi connectivity index (χ0n) is 9.24. The molecule has 0 bridgehead atoms. The van der Waals surface area contributed by atoms with E-state index in [0.717, 1.165) is 12.4 Å². The van der Waals surface area contributed by atoms with Crippen molar-refractivity contribution in [1.29, 1.82) is 0 Å². The average Bonchev–Trinajstić information content (AvgIpc) is 2.79. The zero-order valence-corrected chi connectivity index (χ0v) is 9.24. The van der Waals surface area contributed by atoms with Crippen molar-refractivity contribution >= 4 is 0 Å². The Hall–Kier alpha value is -1.02. The highest BCUT2D eigenvalue weighted by Gasteiger charge is 2.13. The summed E-state index contributed by atoms with van der Waals surface area (Å²) in [5.41, 5.74) is 0. The van der Waals surface area contributed by atoms with Crippen molar-refractivity contribution in [3.63, 3.8) is 0 Å². The summed E-state index contributed by atoms with van der Waals surface area (Å²) >= 11 is 0. The minimum Gasteiger partial charge on any atom is -0.493 e. The van der Waals surface area contributed by atoms with Crippen LogP contribution in [0.1, 0.15) is 19.3 Å². The van der Waals surface area contributed by atoms with E-state index in [1.165, 1.54) is 38.9 Å². The maximum Gasteiger partial charge on any atom is 0.119 e. The molecule has 15 heavy (non-hydrogen) atoms. The Balaban J connectivity index is 1.59. The number of nitrogens with one attached hydrogen (secondary N) is 1. The van der Waals surface area contributed by atoms with Gasteiger partial charge in [0.05, 0.1) is 26.2 Å². The highest BCUT2D eigenvalue weighted by atomic mass is 16.5. The molecule has 0 saturated carbocycles. The topological polar surface area (TPSA) is 13.7 Å². The third kappa shape index (κ3) is 3.56. The smallest absolute Gasteiger partial charge is 0.119 e. The van der Waals surface area contributed by atoms with Crippen LogP contribution >= 0.6 is 0 Å². The summed E-state index contributed by atoms with van der Waals surface area (Å²) in [5, 5.41) is 0. The summed E-state index contributed by atoms with van der Waals surface area (Å²) in [4.78, 5) is 1.76. The van der Waals surface area contributed by atoms with Gasteiger partial charge in [0, 0.05) is 19.3 Å². The molecular formula is C13H20NO+. The van der Waals surface area contributed by atoms with Gasteiger partial charge in [-0.25, -0.2) is 0 Å². The number of para-hydroxylation sites is 1. The molecule has 0 amide bonds. The Kier molecular flexibility index (Phi) is 4.03. The molecule has 0 spiro atoms. The largest absolute Gasteiger partial charge is 0.493 e. The van der Waals surface area contributed by atoms with E-state index in [-0.39, 0.29) is 0 Å². The van der Waals surface area contributed by atoms with E-state index in [9.17, 15) is 0 Å². The van der Waals surface area contributed by atoms with Crippen molar-refractivity contribution in [3.05, 3.63) is 30.3 Å². The molecule has 1 aliphatic rings. The van der Waals surface area contributed by atoms with Gasteiger partial charge in [0.15, 0.2) is 0 Å².